The Morgan fingerprint density at radius 2 is 2.06 bits per heavy atom. The smallest absolute Gasteiger partial charge is 0.230 e. The van der Waals surface area contributed by atoms with Crippen LogP contribution >= 0.6 is 0 Å². The highest BCUT2D eigenvalue weighted by Crippen LogP contribution is 2.41. The maximum atomic E-state index is 12.3. The number of rotatable bonds is 5. The molecule has 1 aliphatic heterocycles. The van der Waals surface area contributed by atoms with Crippen molar-refractivity contribution in [1.82, 2.24) is 4.90 Å². The molecule has 1 saturated heterocycles. The van der Waals surface area contributed by atoms with Gasteiger partial charge in [-0.2, -0.15) is 0 Å². The Morgan fingerprint density at radius 3 is 2.56 bits per heavy atom. The first-order valence-electron chi connectivity index (χ1n) is 7.12. The molecule has 1 heterocycles. The van der Waals surface area contributed by atoms with Crippen molar-refractivity contribution in [2.24, 2.45) is 11.3 Å². The van der Waals surface area contributed by atoms with Gasteiger partial charge in [0.2, 0.25) is 5.91 Å². The average Bonchev–Trinajstić information content (AvgIpc) is 2.36. The largest absolute Gasteiger partial charge is 0.395 e. The molecule has 2 aliphatic rings. The molecular weight excluding hydrogens is 230 g/mol. The number of hydrogen-bond donors (Lipinski definition) is 1. The maximum absolute atomic E-state index is 12.3. The Balaban J connectivity index is 1.76. The molecule has 1 N–H and O–H groups in total. The van der Waals surface area contributed by atoms with E-state index in [9.17, 15) is 9.90 Å². The standard InChI is InChI=1S/C14H25NO3/c1-15(8-3-12-4-9-18-10-5-12)13(17)14(11-16)6-2-7-14/h12,16H,2-11H2,1H3. The van der Waals surface area contributed by atoms with E-state index >= 15 is 0 Å². The fraction of sp³-hybridized carbons (Fsp3) is 0.929. The Bertz CT molecular complexity index is 277. The summed E-state index contributed by atoms with van der Waals surface area (Å²) in [4.78, 5) is 14.1. The molecule has 4 nitrogen and oxygen atoms in total. The van der Waals surface area contributed by atoms with E-state index in [0.717, 1.165) is 58.3 Å². The van der Waals surface area contributed by atoms with Crippen molar-refractivity contribution in [3.8, 4) is 0 Å². The van der Waals surface area contributed by atoms with E-state index in [-0.39, 0.29) is 12.5 Å². The lowest BCUT2D eigenvalue weighted by Gasteiger charge is -2.41. The van der Waals surface area contributed by atoms with Crippen LogP contribution in [-0.4, -0.2) is 49.3 Å². The third-order valence-corrected chi connectivity index (χ3v) is 4.63. The molecule has 0 aromatic heterocycles. The van der Waals surface area contributed by atoms with Crippen molar-refractivity contribution in [2.45, 2.75) is 38.5 Å². The van der Waals surface area contributed by atoms with Crippen molar-refractivity contribution in [2.75, 3.05) is 33.4 Å². The molecule has 2 fully saturated rings. The van der Waals surface area contributed by atoms with Gasteiger partial charge in [-0.1, -0.05) is 6.42 Å². The average molecular weight is 255 g/mol. The lowest BCUT2D eigenvalue weighted by atomic mass is 9.68. The van der Waals surface area contributed by atoms with Gasteiger partial charge in [0.1, 0.15) is 0 Å². The minimum atomic E-state index is -0.440. The van der Waals surface area contributed by atoms with E-state index < -0.39 is 5.41 Å². The van der Waals surface area contributed by atoms with Gasteiger partial charge >= 0.3 is 0 Å². The van der Waals surface area contributed by atoms with Gasteiger partial charge in [0.25, 0.3) is 0 Å². The quantitative estimate of drug-likeness (QED) is 0.808. The molecule has 2 rings (SSSR count). The molecule has 1 saturated carbocycles. The highest BCUT2D eigenvalue weighted by atomic mass is 16.5. The van der Waals surface area contributed by atoms with Gasteiger partial charge in [0, 0.05) is 26.8 Å². The van der Waals surface area contributed by atoms with E-state index in [1.807, 2.05) is 11.9 Å². The molecule has 0 bridgehead atoms. The zero-order valence-corrected chi connectivity index (χ0v) is 11.4. The lowest BCUT2D eigenvalue weighted by Crippen LogP contribution is -2.49. The van der Waals surface area contributed by atoms with E-state index in [1.165, 1.54) is 0 Å². The molecule has 0 unspecified atom stereocenters. The van der Waals surface area contributed by atoms with Gasteiger partial charge in [0.15, 0.2) is 0 Å². The van der Waals surface area contributed by atoms with Crippen LogP contribution in [0.2, 0.25) is 0 Å². The number of hydrogen-bond acceptors (Lipinski definition) is 3. The number of carbonyl (C=O) groups is 1. The molecule has 0 aromatic rings. The Hall–Kier alpha value is -0.610. The Kier molecular flexibility index (Phi) is 4.62. The molecule has 0 aromatic carbocycles. The Labute approximate surface area is 109 Å². The summed E-state index contributed by atoms with van der Waals surface area (Å²) in [6.07, 6.45) is 6.07. The van der Waals surface area contributed by atoms with Crippen LogP contribution in [0.4, 0.5) is 0 Å². The molecule has 0 atom stereocenters. The molecule has 0 spiro atoms. The minimum Gasteiger partial charge on any atom is -0.395 e. The van der Waals surface area contributed by atoms with Crippen LogP contribution < -0.4 is 0 Å². The molecule has 1 amide bonds. The summed E-state index contributed by atoms with van der Waals surface area (Å²) in [6, 6.07) is 0. The van der Waals surface area contributed by atoms with Gasteiger partial charge in [0.05, 0.1) is 12.0 Å². The molecule has 1 aliphatic carbocycles. The van der Waals surface area contributed by atoms with E-state index in [2.05, 4.69) is 0 Å². The van der Waals surface area contributed by atoms with Gasteiger partial charge in [-0.15, -0.1) is 0 Å². The summed E-state index contributed by atoms with van der Waals surface area (Å²) in [7, 11) is 1.87. The third-order valence-electron chi connectivity index (χ3n) is 4.63. The SMILES string of the molecule is CN(CCC1CCOCC1)C(=O)C1(CO)CCC1. The van der Waals surface area contributed by atoms with E-state index in [0.29, 0.717) is 5.92 Å². The van der Waals surface area contributed by atoms with Crippen molar-refractivity contribution >= 4 is 5.91 Å². The monoisotopic (exact) mass is 255 g/mol. The van der Waals surface area contributed by atoms with Crippen molar-refractivity contribution in [1.29, 1.82) is 0 Å². The predicted molar refractivity (Wildman–Crippen MR) is 69.2 cm³/mol. The summed E-state index contributed by atoms with van der Waals surface area (Å²) in [5.74, 6) is 0.837. The normalized spacial score (nSPS) is 23.4. The highest BCUT2D eigenvalue weighted by Gasteiger charge is 2.44. The van der Waals surface area contributed by atoms with E-state index in [1.54, 1.807) is 0 Å². The maximum Gasteiger partial charge on any atom is 0.230 e. The van der Waals surface area contributed by atoms with Crippen LogP contribution in [0.25, 0.3) is 0 Å². The van der Waals surface area contributed by atoms with Gasteiger partial charge in [-0.3, -0.25) is 4.79 Å². The third kappa shape index (κ3) is 2.86. The van der Waals surface area contributed by atoms with Crippen molar-refractivity contribution in [3.05, 3.63) is 0 Å². The minimum absolute atomic E-state index is 0.00738. The second kappa shape index (κ2) is 6.02. The summed E-state index contributed by atoms with van der Waals surface area (Å²) in [5.41, 5.74) is -0.440. The molecular formula is C14H25NO3. The summed E-state index contributed by atoms with van der Waals surface area (Å²) >= 11 is 0. The number of nitrogens with zero attached hydrogens (tertiary/aromatic N) is 1. The topological polar surface area (TPSA) is 49.8 Å². The number of ether oxygens (including phenoxy) is 1. The number of aliphatic hydroxyl groups is 1. The molecule has 0 radical (unpaired) electrons. The van der Waals surface area contributed by atoms with Crippen LogP contribution in [0.15, 0.2) is 0 Å². The summed E-state index contributed by atoms with van der Waals surface area (Å²) in [5, 5.41) is 9.41. The zero-order valence-electron chi connectivity index (χ0n) is 11.4. The second-order valence-electron chi connectivity index (χ2n) is 5.86. The second-order valence-corrected chi connectivity index (χ2v) is 5.86. The van der Waals surface area contributed by atoms with Crippen molar-refractivity contribution in [3.63, 3.8) is 0 Å². The number of amides is 1. The number of carbonyl (C=O) groups excluding carboxylic acids is 1. The van der Waals surface area contributed by atoms with Crippen molar-refractivity contribution < 1.29 is 14.6 Å². The van der Waals surface area contributed by atoms with Crippen LogP contribution in [0.3, 0.4) is 0 Å². The van der Waals surface area contributed by atoms with Gasteiger partial charge in [-0.25, -0.2) is 0 Å². The molecule has 104 valence electrons. The van der Waals surface area contributed by atoms with E-state index in [4.69, 9.17) is 4.74 Å². The summed E-state index contributed by atoms with van der Waals surface area (Å²) in [6.45, 7) is 2.55. The molecule has 18 heavy (non-hydrogen) atoms. The van der Waals surface area contributed by atoms with Crippen LogP contribution in [0.5, 0.6) is 0 Å². The number of aliphatic hydroxyl groups excluding tert-OH is 1. The first-order valence-corrected chi connectivity index (χ1v) is 7.12. The fourth-order valence-corrected chi connectivity index (χ4v) is 2.96. The first kappa shape index (κ1) is 13.8. The predicted octanol–water partition coefficient (Wildman–Crippen LogP) is 1.42. The lowest BCUT2D eigenvalue weighted by molar-refractivity contribution is -0.149. The highest BCUT2D eigenvalue weighted by molar-refractivity contribution is 5.83. The van der Waals surface area contributed by atoms with Crippen LogP contribution in [0.1, 0.15) is 38.5 Å². The fourth-order valence-electron chi connectivity index (χ4n) is 2.96. The Morgan fingerprint density at radius 1 is 1.39 bits per heavy atom. The van der Waals surface area contributed by atoms with Crippen LogP contribution in [0, 0.1) is 11.3 Å². The van der Waals surface area contributed by atoms with Crippen LogP contribution in [-0.2, 0) is 9.53 Å². The van der Waals surface area contributed by atoms with Gasteiger partial charge in [-0.05, 0) is 38.0 Å². The molecule has 4 heteroatoms. The van der Waals surface area contributed by atoms with Gasteiger partial charge < -0.3 is 14.7 Å². The summed E-state index contributed by atoms with van der Waals surface area (Å²) < 4.78 is 5.34. The first-order chi connectivity index (χ1) is 8.68. The zero-order chi connectivity index (χ0) is 13.0.